The Morgan fingerprint density at radius 1 is 1.20 bits per heavy atom. The summed E-state index contributed by atoms with van der Waals surface area (Å²) in [6.07, 6.45) is 2.25. The van der Waals surface area contributed by atoms with Crippen LogP contribution in [0.3, 0.4) is 0 Å². The lowest BCUT2D eigenvalue weighted by Gasteiger charge is -2.02. The third-order valence-corrected chi connectivity index (χ3v) is 2.65. The molecule has 0 aliphatic heterocycles. The molecule has 0 amide bonds. The molecular weight excluding hydrogens is 260 g/mol. The number of benzene rings is 1. The van der Waals surface area contributed by atoms with Crippen LogP contribution in [-0.2, 0) is 0 Å². The zero-order chi connectivity index (χ0) is 11.3. The Bertz CT molecular complexity index is 350. The van der Waals surface area contributed by atoms with Crippen molar-refractivity contribution in [3.8, 4) is 11.5 Å². The number of carbonyl (C=O) groups is 1. The lowest BCUT2D eigenvalue weighted by molar-refractivity contribution is 0.0979. The Labute approximate surface area is 96.9 Å². The summed E-state index contributed by atoms with van der Waals surface area (Å²) in [7, 11) is 0. The van der Waals surface area contributed by atoms with E-state index >= 15 is 0 Å². The molecule has 0 aromatic heterocycles. The number of carbonyl (C=O) groups excluding carboxylic acids is 1. The molecule has 0 spiro atoms. The van der Waals surface area contributed by atoms with Crippen LogP contribution in [0.5, 0.6) is 11.5 Å². The van der Waals surface area contributed by atoms with Gasteiger partial charge in [0.15, 0.2) is 17.3 Å². The molecule has 2 N–H and O–H groups in total. The van der Waals surface area contributed by atoms with Crippen molar-refractivity contribution in [3.63, 3.8) is 0 Å². The molecule has 3 nitrogen and oxygen atoms in total. The lowest BCUT2D eigenvalue weighted by Crippen LogP contribution is -1.98. The Balaban J connectivity index is 2.62. The summed E-state index contributed by atoms with van der Waals surface area (Å²) < 4.78 is 0. The summed E-state index contributed by atoms with van der Waals surface area (Å²) in [5.41, 5.74) is 0.444. The molecule has 1 aromatic carbocycles. The zero-order valence-electron chi connectivity index (χ0n) is 8.24. The van der Waals surface area contributed by atoms with Gasteiger partial charge in [-0.05, 0) is 31.0 Å². The van der Waals surface area contributed by atoms with E-state index in [4.69, 9.17) is 5.11 Å². The molecule has 0 saturated carbocycles. The van der Waals surface area contributed by atoms with Crippen molar-refractivity contribution in [2.75, 3.05) is 5.33 Å². The molecule has 0 atom stereocenters. The first-order valence-corrected chi connectivity index (χ1v) is 5.88. The second-order valence-corrected chi connectivity index (χ2v) is 4.07. The van der Waals surface area contributed by atoms with Crippen molar-refractivity contribution < 1.29 is 15.0 Å². The summed E-state index contributed by atoms with van der Waals surface area (Å²) in [6, 6.07) is 4.14. The van der Waals surface area contributed by atoms with E-state index in [0.29, 0.717) is 12.0 Å². The van der Waals surface area contributed by atoms with Crippen LogP contribution in [0.25, 0.3) is 0 Å². The third-order valence-electron chi connectivity index (χ3n) is 2.08. The molecule has 0 aliphatic rings. The highest BCUT2D eigenvalue weighted by atomic mass is 79.9. The SMILES string of the molecule is O=C(CCCCBr)c1ccc(O)c(O)c1. The Morgan fingerprint density at radius 2 is 1.93 bits per heavy atom. The third kappa shape index (κ3) is 3.55. The fourth-order valence-electron chi connectivity index (χ4n) is 1.22. The molecule has 0 unspecified atom stereocenters. The van der Waals surface area contributed by atoms with E-state index < -0.39 is 0 Å². The largest absolute Gasteiger partial charge is 0.504 e. The van der Waals surface area contributed by atoms with Crippen LogP contribution >= 0.6 is 15.9 Å². The number of aromatic hydroxyl groups is 2. The van der Waals surface area contributed by atoms with E-state index in [-0.39, 0.29) is 17.3 Å². The number of phenolic OH excluding ortho intramolecular Hbond substituents is 2. The first-order valence-electron chi connectivity index (χ1n) is 4.76. The van der Waals surface area contributed by atoms with E-state index in [9.17, 15) is 9.90 Å². The zero-order valence-corrected chi connectivity index (χ0v) is 9.83. The number of alkyl halides is 1. The highest BCUT2D eigenvalue weighted by Gasteiger charge is 2.08. The van der Waals surface area contributed by atoms with Gasteiger partial charge < -0.3 is 10.2 Å². The molecule has 0 heterocycles. The molecule has 1 aromatic rings. The summed E-state index contributed by atoms with van der Waals surface area (Å²) >= 11 is 3.29. The summed E-state index contributed by atoms with van der Waals surface area (Å²) in [6.45, 7) is 0. The minimum Gasteiger partial charge on any atom is -0.504 e. The average Bonchev–Trinajstić information content (AvgIpc) is 2.22. The van der Waals surface area contributed by atoms with Crippen LogP contribution in [0.1, 0.15) is 29.6 Å². The molecule has 0 saturated heterocycles. The number of rotatable bonds is 5. The topological polar surface area (TPSA) is 57.5 Å². The maximum atomic E-state index is 11.6. The van der Waals surface area contributed by atoms with Crippen LogP contribution in [0.4, 0.5) is 0 Å². The second kappa shape index (κ2) is 5.75. The van der Waals surface area contributed by atoms with Crippen LogP contribution in [0.15, 0.2) is 18.2 Å². The van der Waals surface area contributed by atoms with Gasteiger partial charge in [0.2, 0.25) is 0 Å². The maximum Gasteiger partial charge on any atom is 0.163 e. The van der Waals surface area contributed by atoms with E-state index in [1.54, 1.807) is 0 Å². The van der Waals surface area contributed by atoms with Crippen molar-refractivity contribution in [2.45, 2.75) is 19.3 Å². The fraction of sp³-hybridized carbons (Fsp3) is 0.364. The number of unbranched alkanes of at least 4 members (excludes halogenated alkanes) is 1. The van der Waals surface area contributed by atoms with E-state index in [2.05, 4.69) is 15.9 Å². The number of phenols is 2. The number of hydrogen-bond acceptors (Lipinski definition) is 3. The standard InChI is InChI=1S/C11H13BrO3/c12-6-2-1-3-9(13)8-4-5-10(14)11(15)7-8/h4-5,7,14-15H,1-3,6H2. The monoisotopic (exact) mass is 272 g/mol. The Kier molecular flexibility index (Phi) is 4.62. The van der Waals surface area contributed by atoms with Gasteiger partial charge in [-0.2, -0.15) is 0 Å². The average molecular weight is 273 g/mol. The molecule has 82 valence electrons. The van der Waals surface area contributed by atoms with Crippen molar-refractivity contribution >= 4 is 21.7 Å². The molecular formula is C11H13BrO3. The van der Waals surface area contributed by atoms with Crippen LogP contribution in [0.2, 0.25) is 0 Å². The van der Waals surface area contributed by atoms with Crippen molar-refractivity contribution in [1.82, 2.24) is 0 Å². The Morgan fingerprint density at radius 3 is 2.53 bits per heavy atom. The predicted octanol–water partition coefficient (Wildman–Crippen LogP) is 2.85. The van der Waals surface area contributed by atoms with Gasteiger partial charge in [-0.3, -0.25) is 4.79 Å². The molecule has 15 heavy (non-hydrogen) atoms. The first-order chi connectivity index (χ1) is 7.15. The molecule has 0 bridgehead atoms. The van der Waals surface area contributed by atoms with Crippen molar-refractivity contribution in [2.24, 2.45) is 0 Å². The predicted molar refractivity (Wildman–Crippen MR) is 61.7 cm³/mol. The van der Waals surface area contributed by atoms with E-state index in [1.807, 2.05) is 0 Å². The highest BCUT2D eigenvalue weighted by Crippen LogP contribution is 2.25. The number of Topliss-reactive ketones (excluding diaryl/α,β-unsaturated/α-hetero) is 1. The van der Waals surface area contributed by atoms with Crippen molar-refractivity contribution in [3.05, 3.63) is 23.8 Å². The second-order valence-electron chi connectivity index (χ2n) is 3.27. The minimum absolute atomic E-state index is 0.00810. The maximum absolute atomic E-state index is 11.6. The molecule has 1 rings (SSSR count). The smallest absolute Gasteiger partial charge is 0.163 e. The minimum atomic E-state index is -0.249. The summed E-state index contributed by atoms with van der Waals surface area (Å²) in [4.78, 5) is 11.6. The Hall–Kier alpha value is -1.03. The lowest BCUT2D eigenvalue weighted by atomic mass is 10.1. The van der Waals surface area contributed by atoms with Gasteiger partial charge in [0.05, 0.1) is 0 Å². The fourth-order valence-corrected chi connectivity index (χ4v) is 1.62. The van der Waals surface area contributed by atoms with Gasteiger partial charge in [-0.25, -0.2) is 0 Å². The van der Waals surface area contributed by atoms with Crippen LogP contribution in [-0.4, -0.2) is 21.3 Å². The van der Waals surface area contributed by atoms with E-state index in [0.717, 1.165) is 18.2 Å². The first kappa shape index (κ1) is 12.0. The highest BCUT2D eigenvalue weighted by molar-refractivity contribution is 9.09. The summed E-state index contributed by atoms with van der Waals surface area (Å²) in [5, 5.41) is 19.2. The number of halogens is 1. The molecule has 4 heteroatoms. The number of ketones is 1. The van der Waals surface area contributed by atoms with Gasteiger partial charge in [-0.15, -0.1) is 0 Å². The quantitative estimate of drug-likeness (QED) is 0.375. The van der Waals surface area contributed by atoms with Gasteiger partial charge in [0, 0.05) is 17.3 Å². The van der Waals surface area contributed by atoms with Gasteiger partial charge in [0.25, 0.3) is 0 Å². The van der Waals surface area contributed by atoms with Crippen LogP contribution in [0, 0.1) is 0 Å². The van der Waals surface area contributed by atoms with E-state index in [1.165, 1.54) is 18.2 Å². The van der Waals surface area contributed by atoms with Gasteiger partial charge >= 0.3 is 0 Å². The van der Waals surface area contributed by atoms with Crippen molar-refractivity contribution in [1.29, 1.82) is 0 Å². The van der Waals surface area contributed by atoms with Gasteiger partial charge in [-0.1, -0.05) is 15.9 Å². The normalized spacial score (nSPS) is 10.2. The molecule has 0 aliphatic carbocycles. The molecule has 0 fully saturated rings. The van der Waals surface area contributed by atoms with Crippen LogP contribution < -0.4 is 0 Å². The number of hydrogen-bond donors (Lipinski definition) is 2. The van der Waals surface area contributed by atoms with Gasteiger partial charge in [0.1, 0.15) is 0 Å². The molecule has 0 radical (unpaired) electrons. The summed E-state index contributed by atoms with van der Waals surface area (Å²) in [5.74, 6) is -0.459.